The highest BCUT2D eigenvalue weighted by Crippen LogP contribution is 2.47. The van der Waals surface area contributed by atoms with Gasteiger partial charge >= 0.3 is 72.0 Å². The molecular weight excluding hydrogens is 1660 g/mol. The molecule has 6 aromatic rings. The largest absolute Gasteiger partial charge is 0.467 e. The lowest BCUT2D eigenvalue weighted by molar-refractivity contribution is -0.282. The van der Waals surface area contributed by atoms with Gasteiger partial charge in [0.2, 0.25) is 35.7 Å². The topological polar surface area (TPSA) is 510 Å². The fourth-order valence-electron chi connectivity index (χ4n) is 15.5. The minimum atomic E-state index is -2.16. The van der Waals surface area contributed by atoms with Crippen molar-refractivity contribution in [3.05, 3.63) is 140 Å². The van der Waals surface area contributed by atoms with Crippen LogP contribution >= 0.6 is 0 Å². The van der Waals surface area contributed by atoms with E-state index in [1.54, 1.807) is 20.8 Å². The van der Waals surface area contributed by atoms with E-state index in [-0.39, 0.29) is 96.1 Å². The number of carbonyl (C=O) groups excluding carboxylic acids is 15. The number of carbonyl (C=O) groups is 15. The second-order valence-corrected chi connectivity index (χ2v) is 30.1. The molecule has 0 spiro atoms. The Morgan fingerprint density at radius 3 is 1.82 bits per heavy atom. The summed E-state index contributed by atoms with van der Waals surface area (Å²) < 4.78 is 100. The van der Waals surface area contributed by atoms with Crippen LogP contribution in [-0.2, 0) is 149 Å². The highest BCUT2D eigenvalue weighted by molar-refractivity contribution is 5.98. The summed E-state index contributed by atoms with van der Waals surface area (Å²) in [6.07, 6.45) is -23.4. The number of aromatic nitrogens is 2. The molecule has 126 heavy (non-hydrogen) atoms. The van der Waals surface area contributed by atoms with E-state index in [2.05, 4.69) is 21.3 Å². The van der Waals surface area contributed by atoms with Crippen molar-refractivity contribution < 1.29 is 147 Å². The quantitative estimate of drug-likeness (QED) is 0.0220. The Morgan fingerprint density at radius 2 is 1.22 bits per heavy atom. The van der Waals surface area contributed by atoms with Crippen LogP contribution in [0.15, 0.2) is 83.7 Å². The maximum atomic E-state index is 15.1. The van der Waals surface area contributed by atoms with Crippen LogP contribution in [0.2, 0.25) is 0 Å². The molecule has 11 rings (SSSR count). The molecule has 672 valence electrons. The number of ether oxygens (including phenoxy) is 15. The molecule has 5 aliphatic rings. The van der Waals surface area contributed by atoms with E-state index in [9.17, 15) is 76.7 Å². The predicted molar refractivity (Wildman–Crippen MR) is 430 cm³/mol. The number of alkyl carbamates (subject to hydrolysis) is 1. The highest BCUT2D eigenvalue weighted by Gasteiger charge is 2.58. The second kappa shape index (κ2) is 39.8. The van der Waals surface area contributed by atoms with E-state index < -0.39 is 213 Å². The molecule has 6 N–H and O–H groups in total. The summed E-state index contributed by atoms with van der Waals surface area (Å²) in [5.41, 5.74) is 9.73. The third kappa shape index (κ3) is 20.5. The molecule has 2 aromatic heterocycles. The molecule has 40 nitrogen and oxygen atoms in total. The van der Waals surface area contributed by atoms with Gasteiger partial charge in [0.05, 0.1) is 48.9 Å². The number of nitrogens with two attached hydrogens (primary N) is 1. The highest BCUT2D eigenvalue weighted by atomic mass is 19.1. The number of pyridine rings is 2. The van der Waals surface area contributed by atoms with Crippen molar-refractivity contribution in [1.82, 2.24) is 35.3 Å². The first kappa shape index (κ1) is 92.9. The SMILES string of the molecule is CC[C@@]1(OC(=O)N(C)CCN(C)C(=O)OCc2ccc(O[C@@H]3O[C@H](C(=O)OC)[C@@H](OC(C)=O)[C@H](OC(C)=O)[C@H]3OC(C)=O)c(NC(=O)CCNC(=O)[C@H](CCCC(=O)N[C@@H]3O[C@H](C(=O)OC)[C@@H](OC(C)=O)[C@H](OC(C)=O)[C@H]3OC(C)=O)NC(=O)OCC3c4ccccc4-c4ccccc43)c2)C(=O)OCc2c1cc1n(c2=O)Cc2c-1nc1cc(F)c(C)c(N)c1c2C. The van der Waals surface area contributed by atoms with Crippen LogP contribution in [0.5, 0.6) is 5.75 Å². The molecule has 12 atom stereocenters. The van der Waals surface area contributed by atoms with Crippen molar-refractivity contribution in [3.8, 4) is 28.3 Å². The van der Waals surface area contributed by atoms with E-state index in [0.29, 0.717) is 22.2 Å². The number of cyclic esters (lactones) is 1. The van der Waals surface area contributed by atoms with E-state index in [4.69, 9.17) is 81.8 Å². The molecule has 6 heterocycles. The summed E-state index contributed by atoms with van der Waals surface area (Å²) in [6.45, 7) is 8.56. The predicted octanol–water partition coefficient (Wildman–Crippen LogP) is 5.17. The van der Waals surface area contributed by atoms with Crippen LogP contribution in [0.1, 0.15) is 131 Å². The minimum absolute atomic E-state index is 0.0404. The Balaban J connectivity index is 0.802. The summed E-state index contributed by atoms with van der Waals surface area (Å²) in [4.78, 5) is 222. The molecule has 2 saturated heterocycles. The number of nitrogen functional groups attached to an aromatic ring is 1. The molecule has 41 heteroatoms. The minimum Gasteiger partial charge on any atom is -0.467 e. The number of aryl methyl sites for hydroxylation is 1. The molecule has 4 aliphatic heterocycles. The van der Waals surface area contributed by atoms with Gasteiger partial charge in [-0.1, -0.05) is 61.5 Å². The molecule has 0 bridgehead atoms. The van der Waals surface area contributed by atoms with Gasteiger partial charge in [0.15, 0.2) is 49.0 Å². The third-order valence-electron chi connectivity index (χ3n) is 21.6. The number of benzene rings is 4. The Hall–Kier alpha value is -13.9. The molecule has 0 saturated carbocycles. The maximum Gasteiger partial charge on any atom is 0.411 e. The maximum absolute atomic E-state index is 15.1. The number of nitrogens with one attached hydrogen (secondary N) is 4. The van der Waals surface area contributed by atoms with Crippen LogP contribution in [-0.4, -0.2) is 231 Å². The van der Waals surface area contributed by atoms with E-state index in [0.717, 1.165) is 87.8 Å². The smallest absolute Gasteiger partial charge is 0.411 e. The van der Waals surface area contributed by atoms with Crippen molar-refractivity contribution in [2.75, 3.05) is 65.6 Å². The second-order valence-electron chi connectivity index (χ2n) is 30.1. The van der Waals surface area contributed by atoms with Crippen LogP contribution in [0.3, 0.4) is 0 Å². The monoisotopic (exact) mass is 1760 g/mol. The average Bonchev–Trinajstić information content (AvgIpc) is 1.50. The number of anilines is 2. The van der Waals surface area contributed by atoms with Gasteiger partial charge in [-0.2, -0.15) is 0 Å². The molecule has 2 fully saturated rings. The molecule has 1 aliphatic carbocycles. The first-order chi connectivity index (χ1) is 59.9. The Morgan fingerprint density at radius 1 is 0.659 bits per heavy atom. The summed E-state index contributed by atoms with van der Waals surface area (Å²) in [6, 6.07) is 20.1. The fraction of sp³-hybridized carbons (Fsp3) is 0.447. The summed E-state index contributed by atoms with van der Waals surface area (Å²) >= 11 is 0. The molecular formula is C85H94FN9O31. The molecule has 4 aromatic carbocycles. The van der Waals surface area contributed by atoms with Crippen molar-refractivity contribution in [2.24, 2.45) is 0 Å². The summed E-state index contributed by atoms with van der Waals surface area (Å²) in [5.74, 6) is -13.3. The van der Waals surface area contributed by atoms with Gasteiger partial charge in [0, 0.05) is 128 Å². The van der Waals surface area contributed by atoms with Crippen LogP contribution in [0.4, 0.5) is 30.1 Å². The summed E-state index contributed by atoms with van der Waals surface area (Å²) in [5, 5.41) is 10.8. The van der Waals surface area contributed by atoms with Crippen LogP contribution < -0.4 is 37.3 Å². The number of rotatable bonds is 30. The van der Waals surface area contributed by atoms with Crippen molar-refractivity contribution in [1.29, 1.82) is 0 Å². The Kier molecular flexibility index (Phi) is 29.3. The van der Waals surface area contributed by atoms with Gasteiger partial charge in [-0.25, -0.2) is 38.1 Å². The zero-order valence-corrected chi connectivity index (χ0v) is 70.8. The lowest BCUT2D eigenvalue weighted by Crippen LogP contribution is -2.67. The van der Waals surface area contributed by atoms with Gasteiger partial charge in [0.25, 0.3) is 5.56 Å². The number of amides is 6. The lowest BCUT2D eigenvalue weighted by atomic mass is 9.85. The van der Waals surface area contributed by atoms with Gasteiger partial charge < -0.3 is 112 Å². The number of fused-ring (bicyclic) bond motifs is 8. The zero-order chi connectivity index (χ0) is 91.6. The first-order valence-electron chi connectivity index (χ1n) is 39.8. The Labute approximate surface area is 718 Å². The Bertz CT molecular complexity index is 5360. The van der Waals surface area contributed by atoms with Crippen molar-refractivity contribution in [2.45, 2.75) is 193 Å². The van der Waals surface area contributed by atoms with E-state index in [1.165, 1.54) is 49.0 Å². The normalized spacial score (nSPS) is 20.7. The van der Waals surface area contributed by atoms with Crippen LogP contribution in [0, 0.1) is 19.7 Å². The molecule has 0 radical (unpaired) electrons. The number of halogens is 1. The average molecular weight is 1760 g/mol. The number of nitrogens with zero attached hydrogens (tertiary/aromatic N) is 4. The zero-order valence-electron chi connectivity index (χ0n) is 70.8. The number of hydrogen-bond acceptors (Lipinski definition) is 33. The lowest BCUT2D eigenvalue weighted by Gasteiger charge is -2.43. The van der Waals surface area contributed by atoms with Crippen LogP contribution in [0.25, 0.3) is 33.4 Å². The van der Waals surface area contributed by atoms with Gasteiger partial charge in [-0.15, -0.1) is 0 Å². The third-order valence-corrected chi connectivity index (χ3v) is 21.6. The van der Waals surface area contributed by atoms with Gasteiger partial charge in [-0.05, 0) is 84.7 Å². The van der Waals surface area contributed by atoms with Gasteiger partial charge in [0.1, 0.15) is 37.4 Å². The standard InChI is InChI=1S/C85H94FN9O31/c1-14-85(55-33-60-66-52(35-95(60)77(105)54(55)38-114-81(85)108)39(2)64-59(90-66)34-56(86)40(3)65(64)87)126-84(111)94(11)31-30-93(10)83(110)116-36-47-26-27-61(123-80-74(122-46(9)101)70(120-44(7)99)69(119-43(6)98)73(125-80)79(107)113-13)58(32-47)89-63(103)28-29-88-75(104)57(91-82(109)115-37-53-50-22-17-15-20-48(50)49-21-16-18-23-51(49)53)24-19-25-62(102)92-76-71(121-45(8)100)67(117-41(4)96)68(118-42(5)97)72(124-76)78(106)112-12/h15-18,20-23,26-27,32-34,53,57,67-74,76,80H,14,19,24-25,28-31,35-38,87H2,1-13H3,(H,88,104)(H,89,103)(H,91,109)(H,92,102)/t57-,67-,68-,69-,70-,71+,72-,73-,74+,76+,80+,85-/m0/s1. The van der Waals surface area contributed by atoms with Crippen molar-refractivity contribution >= 4 is 112 Å². The van der Waals surface area contributed by atoms with E-state index in [1.807, 2.05) is 48.5 Å². The van der Waals surface area contributed by atoms with Gasteiger partial charge in [-0.3, -0.25) is 47.9 Å². The van der Waals surface area contributed by atoms with E-state index >= 15 is 4.39 Å². The number of hydrogen-bond donors (Lipinski definition) is 5. The van der Waals surface area contributed by atoms with Crippen molar-refractivity contribution in [3.63, 3.8) is 0 Å². The molecule has 6 amide bonds. The number of esters is 9. The first-order valence-corrected chi connectivity index (χ1v) is 39.8. The number of methoxy groups -OCH3 is 2. The summed E-state index contributed by atoms with van der Waals surface area (Å²) in [7, 11) is 4.59. The molecule has 0 unspecified atom stereocenters. The fourth-order valence-corrected chi connectivity index (χ4v) is 15.5. The number of likely N-dealkylation sites (N-methyl/N-ethyl adjacent to an activating group) is 2.